The number of nitrogens with zero attached hydrogens (tertiary/aromatic N) is 1. The highest BCUT2D eigenvalue weighted by molar-refractivity contribution is 5.96. The second-order valence-corrected chi connectivity index (χ2v) is 4.42. The van der Waals surface area contributed by atoms with E-state index in [0.29, 0.717) is 5.56 Å². The zero-order valence-electron chi connectivity index (χ0n) is 10.1. The maximum absolute atomic E-state index is 12.0. The van der Waals surface area contributed by atoms with Gasteiger partial charge in [-0.25, -0.2) is 0 Å². The Morgan fingerprint density at radius 2 is 2.33 bits per heavy atom. The number of aryl methyl sites for hydroxylation is 1. The summed E-state index contributed by atoms with van der Waals surface area (Å²) in [5.41, 5.74) is 1.05. The summed E-state index contributed by atoms with van der Waals surface area (Å²) in [7, 11) is 0. The van der Waals surface area contributed by atoms with E-state index >= 15 is 0 Å². The van der Waals surface area contributed by atoms with E-state index < -0.39 is 4.92 Å². The van der Waals surface area contributed by atoms with Crippen LogP contribution in [0.3, 0.4) is 0 Å². The van der Waals surface area contributed by atoms with Crippen molar-refractivity contribution in [3.63, 3.8) is 0 Å². The van der Waals surface area contributed by atoms with Crippen molar-refractivity contribution in [1.82, 2.24) is 10.6 Å². The lowest BCUT2D eigenvalue weighted by molar-refractivity contribution is -0.384. The summed E-state index contributed by atoms with van der Waals surface area (Å²) >= 11 is 0. The topological polar surface area (TPSA) is 84.3 Å². The van der Waals surface area contributed by atoms with Gasteiger partial charge in [0.15, 0.2) is 0 Å². The van der Waals surface area contributed by atoms with Crippen molar-refractivity contribution in [3.05, 3.63) is 39.4 Å². The van der Waals surface area contributed by atoms with Crippen LogP contribution in [0.25, 0.3) is 0 Å². The standard InChI is InChI=1S/C12H15N3O3/c1-8-2-3-10(15(17)18)6-11(8)12(16)14-9-4-5-13-7-9/h2-3,6,9,13H,4-5,7H2,1H3,(H,14,16). The molecule has 1 fully saturated rings. The van der Waals surface area contributed by atoms with E-state index in [1.165, 1.54) is 12.1 Å². The number of amides is 1. The van der Waals surface area contributed by atoms with Gasteiger partial charge in [0.1, 0.15) is 0 Å². The fraction of sp³-hybridized carbons (Fsp3) is 0.417. The molecule has 1 aromatic carbocycles. The average molecular weight is 249 g/mol. The molecule has 0 bridgehead atoms. The molecule has 0 aromatic heterocycles. The van der Waals surface area contributed by atoms with Crippen molar-refractivity contribution < 1.29 is 9.72 Å². The van der Waals surface area contributed by atoms with Gasteiger partial charge in [-0.05, 0) is 25.5 Å². The monoisotopic (exact) mass is 249 g/mol. The quantitative estimate of drug-likeness (QED) is 0.618. The number of hydrogen-bond acceptors (Lipinski definition) is 4. The molecule has 1 amide bonds. The van der Waals surface area contributed by atoms with Crippen LogP contribution in [0.2, 0.25) is 0 Å². The van der Waals surface area contributed by atoms with Gasteiger partial charge in [0.2, 0.25) is 0 Å². The molecule has 96 valence electrons. The number of nitrogens with one attached hydrogen (secondary N) is 2. The molecule has 0 spiro atoms. The van der Waals surface area contributed by atoms with Crippen molar-refractivity contribution in [2.24, 2.45) is 0 Å². The van der Waals surface area contributed by atoms with Gasteiger partial charge >= 0.3 is 0 Å². The highest BCUT2D eigenvalue weighted by atomic mass is 16.6. The van der Waals surface area contributed by atoms with E-state index in [1.807, 2.05) is 0 Å². The van der Waals surface area contributed by atoms with E-state index in [4.69, 9.17) is 0 Å². The maximum atomic E-state index is 12.0. The smallest absolute Gasteiger partial charge is 0.270 e. The van der Waals surface area contributed by atoms with Crippen LogP contribution in [0.4, 0.5) is 5.69 Å². The van der Waals surface area contributed by atoms with Gasteiger partial charge in [-0.3, -0.25) is 14.9 Å². The first-order valence-corrected chi connectivity index (χ1v) is 5.84. The van der Waals surface area contributed by atoms with Gasteiger partial charge in [0, 0.05) is 30.3 Å². The summed E-state index contributed by atoms with van der Waals surface area (Å²) in [6.07, 6.45) is 0.889. The average Bonchev–Trinajstić information content (AvgIpc) is 2.81. The molecule has 0 saturated carbocycles. The van der Waals surface area contributed by atoms with Crippen LogP contribution >= 0.6 is 0 Å². The van der Waals surface area contributed by atoms with Gasteiger partial charge in [0.25, 0.3) is 11.6 Å². The number of non-ortho nitro benzene ring substituents is 1. The minimum atomic E-state index is -0.493. The molecule has 1 saturated heterocycles. The third-order valence-electron chi connectivity index (χ3n) is 3.07. The minimum absolute atomic E-state index is 0.0599. The Labute approximate surface area is 105 Å². The molecule has 6 nitrogen and oxygen atoms in total. The molecule has 1 aromatic rings. The third-order valence-corrected chi connectivity index (χ3v) is 3.07. The number of carbonyl (C=O) groups is 1. The Morgan fingerprint density at radius 3 is 2.94 bits per heavy atom. The largest absolute Gasteiger partial charge is 0.348 e. The fourth-order valence-electron chi connectivity index (χ4n) is 2.01. The Bertz CT molecular complexity index is 481. The Hall–Kier alpha value is -1.95. The zero-order valence-corrected chi connectivity index (χ0v) is 10.1. The molecular formula is C12H15N3O3. The lowest BCUT2D eigenvalue weighted by atomic mass is 10.1. The minimum Gasteiger partial charge on any atom is -0.348 e. The summed E-state index contributed by atoms with van der Waals surface area (Å²) in [4.78, 5) is 22.2. The molecule has 0 aliphatic carbocycles. The number of hydrogen-bond donors (Lipinski definition) is 2. The van der Waals surface area contributed by atoms with Crippen LogP contribution in [0.5, 0.6) is 0 Å². The first kappa shape index (κ1) is 12.5. The van der Waals surface area contributed by atoms with E-state index in [9.17, 15) is 14.9 Å². The first-order valence-electron chi connectivity index (χ1n) is 5.84. The van der Waals surface area contributed by atoms with Gasteiger partial charge in [-0.1, -0.05) is 6.07 Å². The van der Waals surface area contributed by atoms with Crippen LogP contribution in [-0.2, 0) is 0 Å². The second-order valence-electron chi connectivity index (χ2n) is 4.42. The van der Waals surface area contributed by atoms with E-state index in [1.54, 1.807) is 13.0 Å². The van der Waals surface area contributed by atoms with Crippen molar-refractivity contribution in [2.45, 2.75) is 19.4 Å². The zero-order chi connectivity index (χ0) is 13.1. The fourth-order valence-corrected chi connectivity index (χ4v) is 2.01. The molecule has 1 aliphatic heterocycles. The molecule has 1 heterocycles. The molecule has 2 rings (SSSR count). The molecule has 1 aliphatic rings. The van der Waals surface area contributed by atoms with Gasteiger partial charge in [-0.2, -0.15) is 0 Å². The lowest BCUT2D eigenvalue weighted by Crippen LogP contribution is -2.36. The van der Waals surface area contributed by atoms with Crippen LogP contribution in [0.15, 0.2) is 18.2 Å². The van der Waals surface area contributed by atoms with Crippen molar-refractivity contribution in [2.75, 3.05) is 13.1 Å². The summed E-state index contributed by atoms with van der Waals surface area (Å²) in [6.45, 7) is 3.41. The predicted molar refractivity (Wildman–Crippen MR) is 66.6 cm³/mol. The predicted octanol–water partition coefficient (Wildman–Crippen LogP) is 0.995. The third kappa shape index (κ3) is 2.65. The Balaban J connectivity index is 2.17. The second kappa shape index (κ2) is 5.14. The molecule has 0 radical (unpaired) electrons. The summed E-state index contributed by atoms with van der Waals surface area (Å²) < 4.78 is 0. The summed E-state index contributed by atoms with van der Waals surface area (Å²) in [6, 6.07) is 4.44. The van der Waals surface area contributed by atoms with E-state index in [0.717, 1.165) is 25.1 Å². The maximum Gasteiger partial charge on any atom is 0.270 e. The summed E-state index contributed by atoms with van der Waals surface area (Å²) in [5, 5.41) is 16.7. The molecule has 18 heavy (non-hydrogen) atoms. The number of benzene rings is 1. The van der Waals surface area contributed by atoms with Crippen LogP contribution in [0.1, 0.15) is 22.3 Å². The normalized spacial score (nSPS) is 18.6. The number of nitro benzene ring substituents is 1. The SMILES string of the molecule is Cc1ccc([N+](=O)[O-])cc1C(=O)NC1CCNC1. The molecule has 2 N–H and O–H groups in total. The van der Waals surface area contributed by atoms with Crippen molar-refractivity contribution >= 4 is 11.6 Å². The first-order chi connectivity index (χ1) is 8.58. The number of rotatable bonds is 3. The highest BCUT2D eigenvalue weighted by Gasteiger charge is 2.20. The summed E-state index contributed by atoms with van der Waals surface area (Å²) in [5.74, 6) is -0.245. The molecular weight excluding hydrogens is 234 g/mol. The Morgan fingerprint density at radius 1 is 1.56 bits per heavy atom. The lowest BCUT2D eigenvalue weighted by Gasteiger charge is -2.12. The van der Waals surface area contributed by atoms with Crippen LogP contribution in [-0.4, -0.2) is 30.0 Å². The highest BCUT2D eigenvalue weighted by Crippen LogP contribution is 2.17. The molecule has 1 atom stereocenters. The van der Waals surface area contributed by atoms with Crippen molar-refractivity contribution in [1.29, 1.82) is 0 Å². The van der Waals surface area contributed by atoms with Crippen LogP contribution < -0.4 is 10.6 Å². The molecule has 6 heteroatoms. The number of carbonyl (C=O) groups excluding carboxylic acids is 1. The molecule has 1 unspecified atom stereocenters. The van der Waals surface area contributed by atoms with Gasteiger partial charge in [-0.15, -0.1) is 0 Å². The Kier molecular flexibility index (Phi) is 3.57. The van der Waals surface area contributed by atoms with Crippen LogP contribution in [0, 0.1) is 17.0 Å². The van der Waals surface area contributed by atoms with Crippen molar-refractivity contribution in [3.8, 4) is 0 Å². The van der Waals surface area contributed by atoms with E-state index in [2.05, 4.69) is 10.6 Å². The van der Waals surface area contributed by atoms with Gasteiger partial charge < -0.3 is 10.6 Å². The van der Waals surface area contributed by atoms with E-state index in [-0.39, 0.29) is 17.6 Å². The number of nitro groups is 1. The van der Waals surface area contributed by atoms with Gasteiger partial charge in [0.05, 0.1) is 4.92 Å².